The van der Waals surface area contributed by atoms with Gasteiger partial charge in [0.05, 0.1) is 12.0 Å². The highest BCUT2D eigenvalue weighted by Gasteiger charge is 2.48. The fourth-order valence-corrected chi connectivity index (χ4v) is 3.95. The van der Waals surface area contributed by atoms with Crippen molar-refractivity contribution < 1.29 is 14.6 Å². The lowest BCUT2D eigenvalue weighted by atomic mass is 9.66. The van der Waals surface area contributed by atoms with Gasteiger partial charge in [0.25, 0.3) is 0 Å². The number of hydrogen-bond donors (Lipinski definition) is 1. The van der Waals surface area contributed by atoms with Crippen molar-refractivity contribution in [2.75, 3.05) is 0 Å². The molecule has 152 valence electrons. The van der Waals surface area contributed by atoms with Crippen LogP contribution in [-0.4, -0.2) is 11.1 Å². The van der Waals surface area contributed by atoms with Crippen molar-refractivity contribution in [3.63, 3.8) is 0 Å². The lowest BCUT2D eigenvalue weighted by molar-refractivity contribution is -0.144. The number of benzene rings is 3. The molecule has 0 saturated heterocycles. The standard InChI is InChI=1S/C25H22ClNO3/c1-25(16-17-27,22(24(28)29)18-12-14-20(26)15-13-18)23(19-8-4-2-5-9-19)30-21-10-6-3-7-11-21/h2-15,22-23H,16H2,1H3,(H,28,29). The Hall–Kier alpha value is -3.29. The number of ether oxygens (including phenoxy) is 1. The number of nitriles is 1. The molecule has 3 atom stereocenters. The van der Waals surface area contributed by atoms with E-state index in [1.807, 2.05) is 60.7 Å². The Labute approximate surface area is 181 Å². The molecular formula is C25H22ClNO3. The van der Waals surface area contributed by atoms with Crippen LogP contribution in [-0.2, 0) is 4.79 Å². The molecule has 5 heteroatoms. The van der Waals surface area contributed by atoms with E-state index in [9.17, 15) is 15.2 Å². The maximum absolute atomic E-state index is 12.5. The molecule has 0 spiro atoms. The van der Waals surface area contributed by atoms with E-state index < -0.39 is 23.4 Å². The maximum Gasteiger partial charge on any atom is 0.311 e. The number of carboxylic acids is 1. The Morgan fingerprint density at radius 2 is 1.57 bits per heavy atom. The molecule has 0 saturated carbocycles. The van der Waals surface area contributed by atoms with Crippen LogP contribution in [0.25, 0.3) is 0 Å². The minimum absolute atomic E-state index is 0.0149. The minimum Gasteiger partial charge on any atom is -0.485 e. The summed E-state index contributed by atoms with van der Waals surface area (Å²) in [5.74, 6) is -1.40. The van der Waals surface area contributed by atoms with E-state index >= 15 is 0 Å². The third-order valence-corrected chi connectivity index (χ3v) is 5.52. The zero-order chi connectivity index (χ0) is 21.6. The predicted octanol–water partition coefficient (Wildman–Crippen LogP) is 6.25. The minimum atomic E-state index is -1.06. The van der Waals surface area contributed by atoms with Crippen LogP contribution in [0.5, 0.6) is 5.75 Å². The smallest absolute Gasteiger partial charge is 0.311 e. The first-order valence-corrected chi connectivity index (χ1v) is 9.95. The van der Waals surface area contributed by atoms with Crippen molar-refractivity contribution in [1.29, 1.82) is 5.26 Å². The van der Waals surface area contributed by atoms with Gasteiger partial charge in [-0.25, -0.2) is 0 Å². The van der Waals surface area contributed by atoms with Crippen molar-refractivity contribution in [3.8, 4) is 11.8 Å². The zero-order valence-corrected chi connectivity index (χ0v) is 17.3. The first-order chi connectivity index (χ1) is 14.5. The van der Waals surface area contributed by atoms with Gasteiger partial charge in [0.15, 0.2) is 0 Å². The number of aliphatic carboxylic acids is 1. The Kier molecular flexibility index (Phi) is 6.76. The first kappa shape index (κ1) is 21.4. The molecule has 0 aliphatic heterocycles. The second-order valence-corrected chi connectivity index (χ2v) is 7.82. The van der Waals surface area contributed by atoms with Gasteiger partial charge in [-0.2, -0.15) is 5.26 Å². The van der Waals surface area contributed by atoms with Crippen molar-refractivity contribution in [1.82, 2.24) is 0 Å². The van der Waals surface area contributed by atoms with Gasteiger partial charge in [-0.15, -0.1) is 0 Å². The Balaban J connectivity index is 2.16. The molecule has 0 bridgehead atoms. The Bertz CT molecular complexity index is 1020. The average molecular weight is 420 g/mol. The highest BCUT2D eigenvalue weighted by Crippen LogP contribution is 2.50. The quantitative estimate of drug-likeness (QED) is 0.468. The van der Waals surface area contributed by atoms with E-state index in [4.69, 9.17) is 16.3 Å². The number of carbonyl (C=O) groups is 1. The topological polar surface area (TPSA) is 70.3 Å². The molecule has 4 nitrogen and oxygen atoms in total. The number of rotatable bonds is 8. The lowest BCUT2D eigenvalue weighted by Crippen LogP contribution is -2.39. The SMILES string of the molecule is CC(CC#N)(C(Oc1ccccc1)c1ccccc1)C(C(=O)O)c1ccc(Cl)cc1. The third-order valence-electron chi connectivity index (χ3n) is 5.27. The van der Waals surface area contributed by atoms with Gasteiger partial charge in [0.2, 0.25) is 0 Å². The van der Waals surface area contributed by atoms with Gasteiger partial charge < -0.3 is 9.84 Å². The molecule has 30 heavy (non-hydrogen) atoms. The molecule has 3 unspecified atom stereocenters. The molecule has 0 heterocycles. The summed E-state index contributed by atoms with van der Waals surface area (Å²) in [6.07, 6.45) is -0.684. The van der Waals surface area contributed by atoms with Crippen LogP contribution in [0.15, 0.2) is 84.9 Å². The lowest BCUT2D eigenvalue weighted by Gasteiger charge is -2.40. The van der Waals surface area contributed by atoms with Crippen molar-refractivity contribution in [2.45, 2.75) is 25.4 Å². The fourth-order valence-electron chi connectivity index (χ4n) is 3.82. The highest BCUT2D eigenvalue weighted by molar-refractivity contribution is 6.30. The van der Waals surface area contributed by atoms with E-state index in [1.54, 1.807) is 31.2 Å². The van der Waals surface area contributed by atoms with Gasteiger partial charge in [0.1, 0.15) is 11.9 Å². The number of hydrogen-bond acceptors (Lipinski definition) is 3. The summed E-state index contributed by atoms with van der Waals surface area (Å²) in [7, 11) is 0. The second kappa shape index (κ2) is 9.47. The van der Waals surface area contributed by atoms with Crippen molar-refractivity contribution in [2.24, 2.45) is 5.41 Å². The van der Waals surface area contributed by atoms with Crippen LogP contribution in [0.4, 0.5) is 0 Å². The summed E-state index contributed by atoms with van der Waals surface area (Å²) >= 11 is 6.01. The van der Waals surface area contributed by atoms with Gasteiger partial charge in [-0.3, -0.25) is 4.79 Å². The second-order valence-electron chi connectivity index (χ2n) is 7.39. The summed E-state index contributed by atoms with van der Waals surface area (Å²) < 4.78 is 6.35. The monoisotopic (exact) mass is 419 g/mol. The summed E-state index contributed by atoms with van der Waals surface area (Å²) in [5.41, 5.74) is 0.313. The van der Waals surface area contributed by atoms with E-state index in [0.29, 0.717) is 16.3 Å². The van der Waals surface area contributed by atoms with Gasteiger partial charge in [-0.1, -0.05) is 79.2 Å². The average Bonchev–Trinajstić information content (AvgIpc) is 2.75. The fraction of sp³-hybridized carbons (Fsp3) is 0.200. The zero-order valence-electron chi connectivity index (χ0n) is 16.5. The van der Waals surface area contributed by atoms with Crippen LogP contribution in [0.2, 0.25) is 5.02 Å². The Morgan fingerprint density at radius 3 is 2.10 bits per heavy atom. The van der Waals surface area contributed by atoms with E-state index in [0.717, 1.165) is 5.56 Å². The summed E-state index contributed by atoms with van der Waals surface area (Å²) in [6, 6.07) is 27.6. The summed E-state index contributed by atoms with van der Waals surface area (Å²) in [5, 5.41) is 20.4. The molecule has 0 aliphatic carbocycles. The van der Waals surface area contributed by atoms with E-state index in [-0.39, 0.29) is 6.42 Å². The number of halogens is 1. The maximum atomic E-state index is 12.5. The van der Waals surface area contributed by atoms with Gasteiger partial charge in [0, 0.05) is 16.9 Å². The molecule has 0 aromatic heterocycles. The van der Waals surface area contributed by atoms with Crippen LogP contribution in [0, 0.1) is 16.7 Å². The number of nitrogens with zero attached hydrogens (tertiary/aromatic N) is 1. The van der Waals surface area contributed by atoms with E-state index in [1.165, 1.54) is 0 Å². The van der Waals surface area contributed by atoms with Crippen LogP contribution in [0.3, 0.4) is 0 Å². The molecule has 0 amide bonds. The Morgan fingerprint density at radius 1 is 1.00 bits per heavy atom. The first-order valence-electron chi connectivity index (χ1n) is 9.57. The van der Waals surface area contributed by atoms with Gasteiger partial charge >= 0.3 is 5.97 Å². The van der Waals surface area contributed by atoms with Crippen molar-refractivity contribution in [3.05, 3.63) is 101 Å². The summed E-state index contributed by atoms with van der Waals surface area (Å²) in [4.78, 5) is 12.5. The molecule has 3 rings (SSSR count). The van der Waals surface area contributed by atoms with Crippen LogP contribution >= 0.6 is 11.6 Å². The van der Waals surface area contributed by atoms with Crippen LogP contribution < -0.4 is 4.74 Å². The highest BCUT2D eigenvalue weighted by atomic mass is 35.5. The molecule has 3 aromatic carbocycles. The molecule has 3 aromatic rings. The molecule has 0 aliphatic rings. The molecule has 0 fully saturated rings. The van der Waals surface area contributed by atoms with Crippen LogP contribution in [0.1, 0.15) is 36.5 Å². The predicted molar refractivity (Wildman–Crippen MR) is 116 cm³/mol. The third kappa shape index (κ3) is 4.64. The molecule has 0 radical (unpaired) electrons. The molecular weight excluding hydrogens is 398 g/mol. The van der Waals surface area contributed by atoms with E-state index in [2.05, 4.69) is 6.07 Å². The van der Waals surface area contributed by atoms with Crippen molar-refractivity contribution >= 4 is 17.6 Å². The van der Waals surface area contributed by atoms with Gasteiger partial charge in [-0.05, 0) is 35.4 Å². The number of para-hydroxylation sites is 1. The summed E-state index contributed by atoms with van der Waals surface area (Å²) in [6.45, 7) is 1.80. The molecule has 1 N–H and O–H groups in total. The largest absolute Gasteiger partial charge is 0.485 e. The number of carboxylic acid groups (broad SMARTS) is 1. The normalized spacial score (nSPS) is 14.7.